The third-order valence-corrected chi connectivity index (χ3v) is 2.64. The molecule has 1 aromatic rings. The first kappa shape index (κ1) is 8.29. The number of carboxylic acids is 1. The third-order valence-electron chi connectivity index (χ3n) is 2.64. The molecular weight excluding hydrogens is 168 g/mol. The normalized spacial score (nSPS) is 18.5. The molecular formula is C9H12N2O2. The van der Waals surface area contributed by atoms with Crippen molar-refractivity contribution < 1.29 is 9.90 Å². The van der Waals surface area contributed by atoms with Gasteiger partial charge in [-0.25, -0.2) is 4.79 Å². The van der Waals surface area contributed by atoms with Crippen LogP contribution in [0.15, 0.2) is 6.07 Å². The van der Waals surface area contributed by atoms with Gasteiger partial charge in [0.15, 0.2) is 5.69 Å². The second kappa shape index (κ2) is 2.87. The molecule has 70 valence electrons. The van der Waals surface area contributed by atoms with Crippen LogP contribution >= 0.6 is 0 Å². The second-order valence-electron chi connectivity index (χ2n) is 3.64. The highest BCUT2D eigenvalue weighted by atomic mass is 16.4. The molecule has 2 rings (SSSR count). The van der Waals surface area contributed by atoms with E-state index >= 15 is 0 Å². The number of carbonyl (C=O) groups is 1. The van der Waals surface area contributed by atoms with Crippen LogP contribution in [0.3, 0.4) is 0 Å². The van der Waals surface area contributed by atoms with Crippen molar-refractivity contribution in [2.75, 3.05) is 0 Å². The quantitative estimate of drug-likeness (QED) is 0.742. The van der Waals surface area contributed by atoms with Crippen LogP contribution in [0.5, 0.6) is 0 Å². The first-order chi connectivity index (χ1) is 6.18. The molecule has 1 aromatic heterocycles. The molecule has 2 N–H and O–H groups in total. The molecule has 13 heavy (non-hydrogen) atoms. The lowest BCUT2D eigenvalue weighted by Gasteiger charge is -2.04. The Labute approximate surface area is 76.0 Å². The number of H-pyrrole nitrogens is 1. The van der Waals surface area contributed by atoms with Gasteiger partial charge in [0.05, 0.1) is 0 Å². The van der Waals surface area contributed by atoms with Crippen molar-refractivity contribution in [2.45, 2.75) is 25.7 Å². The van der Waals surface area contributed by atoms with Crippen molar-refractivity contribution in [3.05, 3.63) is 17.5 Å². The van der Waals surface area contributed by atoms with E-state index < -0.39 is 5.97 Å². The van der Waals surface area contributed by atoms with E-state index in [2.05, 4.69) is 17.1 Å². The van der Waals surface area contributed by atoms with Crippen molar-refractivity contribution >= 4 is 5.97 Å². The number of hydrogen-bond acceptors (Lipinski definition) is 2. The largest absolute Gasteiger partial charge is 0.476 e. The van der Waals surface area contributed by atoms with Crippen LogP contribution in [-0.2, 0) is 0 Å². The molecule has 0 amide bonds. The molecule has 0 aromatic carbocycles. The van der Waals surface area contributed by atoms with Gasteiger partial charge in [-0.05, 0) is 24.8 Å². The Hall–Kier alpha value is -1.32. The number of aromatic amines is 1. The second-order valence-corrected chi connectivity index (χ2v) is 3.64. The van der Waals surface area contributed by atoms with E-state index in [1.54, 1.807) is 6.07 Å². The van der Waals surface area contributed by atoms with Crippen molar-refractivity contribution in [3.63, 3.8) is 0 Å². The molecule has 1 saturated carbocycles. The molecule has 1 fully saturated rings. The molecule has 1 atom stereocenters. The van der Waals surface area contributed by atoms with Gasteiger partial charge in [0, 0.05) is 11.6 Å². The molecule has 0 bridgehead atoms. The summed E-state index contributed by atoms with van der Waals surface area (Å²) in [6.45, 7) is 2.11. The number of hydrogen-bond donors (Lipinski definition) is 2. The van der Waals surface area contributed by atoms with Crippen molar-refractivity contribution in [2.24, 2.45) is 5.92 Å². The van der Waals surface area contributed by atoms with Crippen LogP contribution in [0, 0.1) is 5.92 Å². The maximum Gasteiger partial charge on any atom is 0.356 e. The van der Waals surface area contributed by atoms with E-state index in [0.717, 1.165) is 11.6 Å². The third kappa shape index (κ3) is 1.56. The predicted molar refractivity (Wildman–Crippen MR) is 46.7 cm³/mol. The van der Waals surface area contributed by atoms with E-state index in [9.17, 15) is 4.79 Å². The monoisotopic (exact) mass is 180 g/mol. The van der Waals surface area contributed by atoms with Crippen LogP contribution in [0.4, 0.5) is 0 Å². The van der Waals surface area contributed by atoms with Gasteiger partial charge in [0.2, 0.25) is 0 Å². The Bertz CT molecular complexity index is 328. The van der Waals surface area contributed by atoms with Gasteiger partial charge < -0.3 is 5.11 Å². The minimum Gasteiger partial charge on any atom is -0.476 e. The van der Waals surface area contributed by atoms with Crippen molar-refractivity contribution in [3.8, 4) is 0 Å². The molecule has 0 spiro atoms. The zero-order valence-electron chi connectivity index (χ0n) is 7.45. The SMILES string of the molecule is CC(c1cc(C(=O)O)n[nH]1)C1CC1. The predicted octanol–water partition coefficient (Wildman–Crippen LogP) is 1.62. The standard InChI is InChI=1S/C9H12N2O2/c1-5(6-2-3-6)7-4-8(9(12)13)11-10-7/h4-6H,2-3H2,1H3,(H,10,11)(H,12,13). The van der Waals surface area contributed by atoms with Crippen molar-refractivity contribution in [1.29, 1.82) is 0 Å². The average Bonchev–Trinajstić information content (AvgIpc) is 2.81. The van der Waals surface area contributed by atoms with Gasteiger partial charge in [0.1, 0.15) is 0 Å². The number of rotatable bonds is 3. The van der Waals surface area contributed by atoms with Crippen LogP contribution in [0.2, 0.25) is 0 Å². The fraction of sp³-hybridized carbons (Fsp3) is 0.556. The molecule has 1 aliphatic carbocycles. The summed E-state index contributed by atoms with van der Waals surface area (Å²) in [5, 5.41) is 15.2. The van der Waals surface area contributed by atoms with Gasteiger partial charge in [-0.1, -0.05) is 6.92 Å². The summed E-state index contributed by atoms with van der Waals surface area (Å²) in [5.74, 6) is 0.174. The van der Waals surface area contributed by atoms with Crippen molar-refractivity contribution in [1.82, 2.24) is 10.2 Å². The van der Waals surface area contributed by atoms with Gasteiger partial charge in [-0.15, -0.1) is 0 Å². The summed E-state index contributed by atoms with van der Waals surface area (Å²) in [6.07, 6.45) is 2.51. The van der Waals surface area contributed by atoms with E-state index in [4.69, 9.17) is 5.11 Å². The molecule has 1 aliphatic rings. The average molecular weight is 180 g/mol. The van der Waals surface area contributed by atoms with E-state index in [0.29, 0.717) is 5.92 Å². The lowest BCUT2D eigenvalue weighted by atomic mass is 10.0. The maximum absolute atomic E-state index is 10.5. The van der Waals surface area contributed by atoms with Crippen LogP contribution < -0.4 is 0 Å². The van der Waals surface area contributed by atoms with E-state index in [1.165, 1.54) is 12.8 Å². The molecule has 1 heterocycles. The molecule has 0 radical (unpaired) electrons. The number of carboxylic acid groups (broad SMARTS) is 1. The Morgan fingerprint density at radius 3 is 2.92 bits per heavy atom. The van der Waals surface area contributed by atoms with Gasteiger partial charge in [-0.2, -0.15) is 5.10 Å². The molecule has 1 unspecified atom stereocenters. The fourth-order valence-electron chi connectivity index (χ4n) is 1.53. The molecule has 4 heteroatoms. The van der Waals surface area contributed by atoms with E-state index in [1.807, 2.05) is 0 Å². The summed E-state index contributed by atoms with van der Waals surface area (Å²) >= 11 is 0. The van der Waals surface area contributed by atoms with Gasteiger partial charge in [0.25, 0.3) is 0 Å². The highest BCUT2D eigenvalue weighted by Crippen LogP contribution is 2.41. The molecule has 0 aliphatic heterocycles. The highest BCUT2D eigenvalue weighted by Gasteiger charge is 2.30. The zero-order valence-corrected chi connectivity index (χ0v) is 7.45. The molecule has 4 nitrogen and oxygen atoms in total. The fourth-order valence-corrected chi connectivity index (χ4v) is 1.53. The number of nitrogens with one attached hydrogen (secondary N) is 1. The Balaban J connectivity index is 2.16. The van der Waals surface area contributed by atoms with E-state index in [-0.39, 0.29) is 5.69 Å². The summed E-state index contributed by atoms with van der Waals surface area (Å²) in [5.41, 5.74) is 1.06. The summed E-state index contributed by atoms with van der Waals surface area (Å²) < 4.78 is 0. The Kier molecular flexibility index (Phi) is 1.83. The highest BCUT2D eigenvalue weighted by molar-refractivity contribution is 5.85. The number of aromatic nitrogens is 2. The van der Waals surface area contributed by atoms with Gasteiger partial charge in [-0.3, -0.25) is 5.10 Å². The summed E-state index contributed by atoms with van der Waals surface area (Å²) in [4.78, 5) is 10.5. The minimum absolute atomic E-state index is 0.113. The maximum atomic E-state index is 10.5. The minimum atomic E-state index is -0.967. The number of nitrogens with zero attached hydrogens (tertiary/aromatic N) is 1. The summed E-state index contributed by atoms with van der Waals surface area (Å²) in [6, 6.07) is 1.63. The Morgan fingerprint density at radius 2 is 2.46 bits per heavy atom. The first-order valence-electron chi connectivity index (χ1n) is 4.47. The van der Waals surface area contributed by atoms with Gasteiger partial charge >= 0.3 is 5.97 Å². The lowest BCUT2D eigenvalue weighted by Crippen LogP contribution is -1.96. The van der Waals surface area contributed by atoms with Crippen LogP contribution in [0.25, 0.3) is 0 Å². The first-order valence-corrected chi connectivity index (χ1v) is 4.47. The molecule has 0 saturated heterocycles. The summed E-state index contributed by atoms with van der Waals surface area (Å²) in [7, 11) is 0. The number of aromatic carboxylic acids is 1. The topological polar surface area (TPSA) is 66.0 Å². The zero-order chi connectivity index (χ0) is 9.42. The van der Waals surface area contributed by atoms with Crippen LogP contribution in [0.1, 0.15) is 41.9 Å². The lowest BCUT2D eigenvalue weighted by molar-refractivity contribution is 0.0690. The Morgan fingerprint density at radius 1 is 1.77 bits per heavy atom. The smallest absolute Gasteiger partial charge is 0.356 e. The van der Waals surface area contributed by atoms with Crippen LogP contribution in [-0.4, -0.2) is 21.3 Å².